The fraction of sp³-hybridized carbons (Fsp3) is 0.0556. The third-order valence-corrected chi connectivity index (χ3v) is 4.93. The van der Waals surface area contributed by atoms with E-state index in [9.17, 15) is 23.3 Å². The summed E-state index contributed by atoms with van der Waals surface area (Å²) < 4.78 is 27.7. The van der Waals surface area contributed by atoms with E-state index in [0.29, 0.717) is 17.0 Å². The highest BCUT2D eigenvalue weighted by atomic mass is 32.2. The third kappa shape index (κ3) is 3.57. The van der Waals surface area contributed by atoms with Crippen LogP contribution in [0.25, 0.3) is 5.57 Å². The molecule has 9 nitrogen and oxygen atoms in total. The molecule has 10 heteroatoms. The number of sulfonamides is 1. The van der Waals surface area contributed by atoms with Crippen molar-refractivity contribution in [2.75, 3.05) is 17.7 Å². The Morgan fingerprint density at radius 1 is 1.21 bits per heavy atom. The maximum Gasteiger partial charge on any atom is 0.267 e. The van der Waals surface area contributed by atoms with Crippen molar-refractivity contribution < 1.29 is 22.7 Å². The van der Waals surface area contributed by atoms with E-state index >= 15 is 0 Å². The average Bonchev–Trinajstić information content (AvgIpc) is 2.97. The summed E-state index contributed by atoms with van der Waals surface area (Å²) in [6, 6.07) is 11.6. The summed E-state index contributed by atoms with van der Waals surface area (Å²) in [5.41, 5.74) is 0.601. The highest BCUT2D eigenvalue weighted by Crippen LogP contribution is 2.36. The minimum atomic E-state index is -3.87. The number of nitriles is 1. The number of ether oxygens (including phenoxy) is 1. The molecule has 28 heavy (non-hydrogen) atoms. The van der Waals surface area contributed by atoms with Gasteiger partial charge in [0.1, 0.15) is 17.4 Å². The maximum absolute atomic E-state index is 12.6. The largest absolute Gasteiger partial charge is 0.497 e. The van der Waals surface area contributed by atoms with Gasteiger partial charge in [-0.2, -0.15) is 5.26 Å². The van der Waals surface area contributed by atoms with Gasteiger partial charge in [-0.05, 0) is 42.5 Å². The molecule has 0 atom stereocenters. The van der Waals surface area contributed by atoms with Crippen LogP contribution >= 0.6 is 0 Å². The van der Waals surface area contributed by atoms with Crippen molar-refractivity contribution in [2.45, 2.75) is 4.90 Å². The second-order valence-corrected chi connectivity index (χ2v) is 7.31. The van der Waals surface area contributed by atoms with Gasteiger partial charge in [0.15, 0.2) is 0 Å². The zero-order chi connectivity index (χ0) is 20.5. The smallest absolute Gasteiger partial charge is 0.267 e. The molecule has 0 saturated carbocycles. The van der Waals surface area contributed by atoms with Gasteiger partial charge in [-0.15, -0.1) is 0 Å². The van der Waals surface area contributed by atoms with Gasteiger partial charge in [0.05, 0.1) is 17.6 Å². The number of nitrogens with one attached hydrogen (secondary N) is 2. The van der Waals surface area contributed by atoms with Crippen molar-refractivity contribution >= 4 is 38.8 Å². The molecular weight excluding hydrogens is 384 g/mol. The Balaban J connectivity index is 1.97. The first-order valence-electron chi connectivity index (χ1n) is 7.83. The van der Waals surface area contributed by atoms with E-state index in [1.807, 2.05) is 0 Å². The molecule has 4 N–H and O–H groups in total. The van der Waals surface area contributed by atoms with Crippen LogP contribution in [-0.4, -0.2) is 27.3 Å². The van der Waals surface area contributed by atoms with E-state index in [2.05, 4.69) is 10.6 Å². The van der Waals surface area contributed by atoms with Crippen LogP contribution in [0.2, 0.25) is 0 Å². The molecule has 2 aromatic rings. The van der Waals surface area contributed by atoms with Gasteiger partial charge in [-0.3, -0.25) is 9.59 Å². The molecule has 0 aliphatic carbocycles. The van der Waals surface area contributed by atoms with Crippen LogP contribution in [0.15, 0.2) is 52.9 Å². The van der Waals surface area contributed by atoms with Gasteiger partial charge in [-0.25, -0.2) is 13.6 Å². The number of carbonyl (C=O) groups excluding carboxylic acids is 2. The van der Waals surface area contributed by atoms with E-state index in [1.54, 1.807) is 24.3 Å². The Labute approximate surface area is 160 Å². The van der Waals surface area contributed by atoms with E-state index in [1.165, 1.54) is 31.4 Å². The van der Waals surface area contributed by atoms with Crippen LogP contribution in [0, 0.1) is 11.3 Å². The van der Waals surface area contributed by atoms with Crippen LogP contribution in [0.4, 0.5) is 11.4 Å². The molecule has 0 radical (unpaired) electrons. The quantitative estimate of drug-likeness (QED) is 0.520. The van der Waals surface area contributed by atoms with Crippen LogP contribution in [0.5, 0.6) is 5.75 Å². The lowest BCUT2D eigenvalue weighted by Crippen LogP contribution is -2.18. The van der Waals surface area contributed by atoms with Gasteiger partial charge in [0.2, 0.25) is 10.0 Å². The molecule has 2 aromatic carbocycles. The standard InChI is InChI=1S/C18H14N4O5S/c1-27-11-4-7-15-13(8-11)16(18(24)22-15)14(9-19)17(23)21-10-2-5-12(6-3-10)28(20,25)26/h2-8H,1H3,(H,21,23)(H,22,24)(H2,20,25,26)/b16-14+. The van der Waals surface area contributed by atoms with Crippen LogP contribution in [0.1, 0.15) is 5.56 Å². The van der Waals surface area contributed by atoms with Crippen LogP contribution < -0.4 is 20.5 Å². The number of hydrogen-bond donors (Lipinski definition) is 3. The molecule has 0 spiro atoms. The molecule has 0 saturated heterocycles. The van der Waals surface area contributed by atoms with Crippen molar-refractivity contribution in [3.63, 3.8) is 0 Å². The van der Waals surface area contributed by atoms with E-state index in [-0.39, 0.29) is 21.7 Å². The van der Waals surface area contributed by atoms with Crippen LogP contribution in [0.3, 0.4) is 0 Å². The van der Waals surface area contributed by atoms with Crippen molar-refractivity contribution in [2.24, 2.45) is 5.14 Å². The summed E-state index contributed by atoms with van der Waals surface area (Å²) in [5.74, 6) is -0.935. The molecule has 0 unspecified atom stereocenters. The molecule has 142 valence electrons. The van der Waals surface area contributed by atoms with Crippen molar-refractivity contribution in [3.8, 4) is 11.8 Å². The molecule has 1 aliphatic rings. The highest BCUT2D eigenvalue weighted by molar-refractivity contribution is 7.89. The molecule has 0 fully saturated rings. The monoisotopic (exact) mass is 398 g/mol. The first-order chi connectivity index (χ1) is 13.2. The highest BCUT2D eigenvalue weighted by Gasteiger charge is 2.31. The van der Waals surface area contributed by atoms with E-state index in [0.717, 1.165) is 0 Å². The average molecular weight is 398 g/mol. The topological polar surface area (TPSA) is 151 Å². The summed E-state index contributed by atoms with van der Waals surface area (Å²) in [4.78, 5) is 24.8. The Hall–Kier alpha value is -3.68. The van der Waals surface area contributed by atoms with E-state index in [4.69, 9.17) is 9.88 Å². The Morgan fingerprint density at radius 3 is 2.46 bits per heavy atom. The second-order valence-electron chi connectivity index (χ2n) is 5.75. The number of carbonyl (C=O) groups is 2. The van der Waals surface area contributed by atoms with Crippen molar-refractivity contribution in [1.29, 1.82) is 5.26 Å². The summed E-state index contributed by atoms with van der Waals surface area (Å²) >= 11 is 0. The van der Waals surface area contributed by atoms with Crippen LogP contribution in [-0.2, 0) is 19.6 Å². The maximum atomic E-state index is 12.6. The number of fused-ring (bicyclic) bond motifs is 1. The number of anilines is 2. The minimum absolute atomic E-state index is 0.0740. The van der Waals surface area contributed by atoms with Gasteiger partial charge in [0, 0.05) is 16.9 Å². The van der Waals surface area contributed by atoms with Gasteiger partial charge in [-0.1, -0.05) is 0 Å². The number of benzene rings is 2. The molecule has 0 bridgehead atoms. The lowest BCUT2D eigenvalue weighted by molar-refractivity contribution is -0.113. The van der Waals surface area contributed by atoms with Crippen molar-refractivity contribution in [3.05, 3.63) is 53.6 Å². The summed E-state index contributed by atoms with van der Waals surface area (Å²) in [6.45, 7) is 0. The summed E-state index contributed by atoms with van der Waals surface area (Å²) in [7, 11) is -2.41. The first kappa shape index (κ1) is 19.1. The fourth-order valence-electron chi connectivity index (χ4n) is 2.66. The molecule has 0 aromatic heterocycles. The summed E-state index contributed by atoms with van der Waals surface area (Å²) in [5, 5.41) is 19.6. The molecule has 2 amide bonds. The Morgan fingerprint density at radius 2 is 1.89 bits per heavy atom. The molecule has 3 rings (SSSR count). The lowest BCUT2D eigenvalue weighted by atomic mass is 10.0. The van der Waals surface area contributed by atoms with Gasteiger partial charge >= 0.3 is 0 Å². The predicted molar refractivity (Wildman–Crippen MR) is 101 cm³/mol. The number of rotatable bonds is 4. The molecule has 1 heterocycles. The normalized spacial score (nSPS) is 14.5. The zero-order valence-corrected chi connectivity index (χ0v) is 15.3. The zero-order valence-electron chi connectivity index (χ0n) is 14.5. The minimum Gasteiger partial charge on any atom is -0.497 e. The fourth-order valence-corrected chi connectivity index (χ4v) is 3.18. The number of amides is 2. The summed E-state index contributed by atoms with van der Waals surface area (Å²) in [6.07, 6.45) is 0. The Kier molecular flexibility index (Phi) is 4.87. The predicted octanol–water partition coefficient (Wildman–Crippen LogP) is 1.21. The van der Waals surface area contributed by atoms with E-state index < -0.39 is 21.8 Å². The number of primary sulfonamides is 1. The van der Waals surface area contributed by atoms with Crippen molar-refractivity contribution in [1.82, 2.24) is 0 Å². The second kappa shape index (κ2) is 7.15. The number of hydrogen-bond acceptors (Lipinski definition) is 6. The number of nitrogens with zero attached hydrogens (tertiary/aromatic N) is 1. The van der Waals surface area contributed by atoms with Gasteiger partial charge < -0.3 is 15.4 Å². The molecule has 1 aliphatic heterocycles. The Bertz CT molecular complexity index is 1160. The SMILES string of the molecule is COc1ccc2c(c1)/C(=C(/C#N)C(=O)Nc1ccc(S(N)(=O)=O)cc1)C(=O)N2. The van der Waals surface area contributed by atoms with Gasteiger partial charge in [0.25, 0.3) is 11.8 Å². The molecular formula is C18H14N4O5S. The number of nitrogens with two attached hydrogens (primary N) is 1. The third-order valence-electron chi connectivity index (χ3n) is 4.00. The first-order valence-corrected chi connectivity index (χ1v) is 9.37. The lowest BCUT2D eigenvalue weighted by Gasteiger charge is -2.07. The number of methoxy groups -OCH3 is 1.